The highest BCUT2D eigenvalue weighted by Gasteiger charge is 2.74. The van der Waals surface area contributed by atoms with Gasteiger partial charge in [0.05, 0.1) is 4.75 Å². The molecule has 0 aromatic rings. The zero-order valence-electron chi connectivity index (χ0n) is 59.3. The van der Waals surface area contributed by atoms with Crippen LogP contribution in [0.3, 0.4) is 0 Å². The molecule has 8 aliphatic carbocycles. The van der Waals surface area contributed by atoms with E-state index in [0.29, 0.717) is 133 Å². The van der Waals surface area contributed by atoms with Gasteiger partial charge in [-0.25, -0.2) is 0 Å². The lowest BCUT2D eigenvalue weighted by Gasteiger charge is -2.48. The summed E-state index contributed by atoms with van der Waals surface area (Å²) in [4.78, 5) is 0. The van der Waals surface area contributed by atoms with Crippen molar-refractivity contribution in [2.75, 3.05) is 79.3 Å². The molecule has 0 spiro atoms. The quantitative estimate of drug-likeness (QED) is 0.0249. The normalized spacial score (nSPS) is 32.2. The van der Waals surface area contributed by atoms with Gasteiger partial charge >= 0.3 is 35.2 Å². The monoisotopic (exact) mass is 1680 g/mol. The molecule has 0 amide bonds. The average molecular weight is 1680 g/mol. The predicted octanol–water partition coefficient (Wildman–Crippen LogP) is 23.9. The van der Waals surface area contributed by atoms with Gasteiger partial charge in [0.15, 0.2) is 3.41 Å². The topological polar surface area (TPSA) is 111 Å². The van der Waals surface area contributed by atoms with Gasteiger partial charge in [-0.3, -0.25) is 0 Å². The molecule has 0 saturated heterocycles. The summed E-state index contributed by atoms with van der Waals surface area (Å²) in [6, 6.07) is 0. The SMILES string of the molecule is CCO[Si](OCC)(OCC)C1(SSSSC(C)(CCCC(C)CC)C(SSSSC2([Si](OCC)(OCC)OCC)CC3CCC2C3)(SSSSC2([Si](OCC)(OCC)OCC)CC3CCC2C3)SSSSC2([Si](OCC)(OCC)OCC)CC3CCC2C3)CC2CCC1C2. The Balaban J connectivity index is 1.21. The van der Waals surface area contributed by atoms with E-state index in [-0.39, 0.29) is 22.2 Å². The zero-order chi connectivity index (χ0) is 67.6. The van der Waals surface area contributed by atoms with E-state index in [1.807, 2.05) is 78.6 Å². The molecule has 0 aromatic heterocycles. The molecule has 0 aromatic carbocycles. The standard InChI is InChI=1S/C62H118O12S16Si4/c1-16-48(14)30-29-39-57(15,75-83-84-76-58(44-49-31-35-53(58)40-49)91(63-17-2,64-18-3)65-19-4)62(80-88-85-77-59(45-50-32-36-54(59)41-50)92(66-20-5,67-21-6)68-22-7,81-89-86-78-60(46-51-33-37-55(60)42-51)93(69-23-8,70-24-9)71-25-10)82-90-87-79-61(47-52-34-38-56(61)43-52)94(72-26-11,73-27-12)74-28-13/h48-56H,16-47H2,1-15H3. The van der Waals surface area contributed by atoms with Crippen LogP contribution in [0.4, 0.5) is 0 Å². The van der Waals surface area contributed by atoms with Crippen LogP contribution in [0.15, 0.2) is 0 Å². The Morgan fingerprint density at radius 1 is 0.340 bits per heavy atom. The lowest BCUT2D eigenvalue weighted by molar-refractivity contribution is 0.0494. The summed E-state index contributed by atoms with van der Waals surface area (Å²) < 4.78 is 82.3. The van der Waals surface area contributed by atoms with Crippen molar-refractivity contribution in [1.82, 2.24) is 0 Å². The van der Waals surface area contributed by atoms with E-state index >= 15 is 0 Å². The van der Waals surface area contributed by atoms with Crippen LogP contribution in [0.25, 0.3) is 0 Å². The van der Waals surface area contributed by atoms with Crippen molar-refractivity contribution in [3.63, 3.8) is 0 Å². The van der Waals surface area contributed by atoms with E-state index in [0.717, 1.165) is 38.5 Å². The highest BCUT2D eigenvalue weighted by atomic mass is 33.7. The molecule has 0 aliphatic heterocycles. The first-order valence-electron chi connectivity index (χ1n) is 36.0. The van der Waals surface area contributed by atoms with E-state index in [2.05, 4.69) is 190 Å². The van der Waals surface area contributed by atoms with Gasteiger partial charge in [0.2, 0.25) is 0 Å². The van der Waals surface area contributed by atoms with Crippen LogP contribution >= 0.6 is 165 Å². The van der Waals surface area contributed by atoms with Crippen molar-refractivity contribution in [2.45, 2.75) is 258 Å². The molecule has 550 valence electrons. The molecule has 8 aliphatic rings. The van der Waals surface area contributed by atoms with Crippen LogP contribution < -0.4 is 0 Å². The highest BCUT2D eigenvalue weighted by molar-refractivity contribution is 9.33. The Hall–Kier alpha value is 5.99. The second kappa shape index (κ2) is 40.6. The number of fused-ring (bicyclic) bond motifs is 8. The minimum Gasteiger partial charge on any atom is -0.373 e. The Morgan fingerprint density at radius 2 is 0.574 bits per heavy atom. The first kappa shape index (κ1) is 85.6. The molecule has 0 radical (unpaired) electrons. The first-order chi connectivity index (χ1) is 45.5. The largest absolute Gasteiger partial charge is 0.519 e. The third-order valence-corrected chi connectivity index (χ3v) is 74.8. The maximum absolute atomic E-state index is 7.00. The summed E-state index contributed by atoms with van der Waals surface area (Å²) in [6.45, 7) is 40.1. The Kier molecular flexibility index (Phi) is 37.0. The van der Waals surface area contributed by atoms with Crippen molar-refractivity contribution in [3.05, 3.63) is 0 Å². The van der Waals surface area contributed by atoms with E-state index < -0.39 is 38.6 Å². The minimum absolute atomic E-state index is 0.203. The molecule has 0 heterocycles. The average Bonchev–Trinajstić information content (AvgIpc) is 1.49. The third kappa shape index (κ3) is 18.4. The summed E-state index contributed by atoms with van der Waals surface area (Å²) in [5, 5.41) is 0. The van der Waals surface area contributed by atoms with Crippen LogP contribution in [0.1, 0.15) is 232 Å². The molecule has 94 heavy (non-hydrogen) atoms. The van der Waals surface area contributed by atoms with Gasteiger partial charge in [0.25, 0.3) is 0 Å². The highest BCUT2D eigenvalue weighted by Crippen LogP contribution is 2.79. The van der Waals surface area contributed by atoms with Gasteiger partial charge < -0.3 is 53.1 Å². The van der Waals surface area contributed by atoms with Crippen LogP contribution in [0.2, 0.25) is 0 Å². The smallest absolute Gasteiger partial charge is 0.373 e. The molecule has 14 atom stereocenters. The van der Waals surface area contributed by atoms with E-state index in [1.54, 1.807) is 0 Å². The second-order valence-electron chi connectivity index (χ2n) is 26.7. The molecule has 0 N–H and O–H groups in total. The second-order valence-corrected chi connectivity index (χ2v) is 65.5. The van der Waals surface area contributed by atoms with Gasteiger partial charge in [-0.05, 0) is 338 Å². The molecule has 8 fully saturated rings. The molecule has 32 heteroatoms. The van der Waals surface area contributed by atoms with Gasteiger partial charge in [-0.2, -0.15) is 0 Å². The molecule has 12 nitrogen and oxygen atoms in total. The van der Waals surface area contributed by atoms with Crippen LogP contribution in [0, 0.1) is 53.3 Å². The summed E-state index contributed by atoms with van der Waals surface area (Å²) in [7, 11) is 20.0. The van der Waals surface area contributed by atoms with Crippen LogP contribution in [0.5, 0.6) is 0 Å². The Labute approximate surface area is 636 Å². The van der Waals surface area contributed by atoms with Crippen molar-refractivity contribution in [1.29, 1.82) is 0 Å². The fraction of sp³-hybridized carbons (Fsp3) is 1.00. The maximum Gasteiger partial charge on any atom is 0.519 e. The van der Waals surface area contributed by atoms with Crippen LogP contribution in [-0.2, 0) is 53.1 Å². The number of hydrogen-bond acceptors (Lipinski definition) is 28. The lowest BCUT2D eigenvalue weighted by Crippen LogP contribution is -2.65. The summed E-state index contributed by atoms with van der Waals surface area (Å²) >= 11 is 0. The fourth-order valence-corrected chi connectivity index (χ4v) is 81.1. The summed E-state index contributed by atoms with van der Waals surface area (Å²) in [6.07, 6.45) is 23.9. The van der Waals surface area contributed by atoms with Gasteiger partial charge in [0.1, 0.15) is 17.5 Å². The predicted molar refractivity (Wildman–Crippen MR) is 441 cm³/mol. The van der Waals surface area contributed by atoms with Gasteiger partial charge in [-0.1, -0.05) is 113 Å². The molecule has 8 rings (SSSR count). The van der Waals surface area contributed by atoms with Crippen molar-refractivity contribution < 1.29 is 53.1 Å². The number of hydrogen-bond donors (Lipinski definition) is 0. The van der Waals surface area contributed by atoms with Crippen molar-refractivity contribution in [3.8, 4) is 0 Å². The lowest BCUT2D eigenvalue weighted by atomic mass is 9.97. The van der Waals surface area contributed by atoms with E-state index in [1.165, 1.54) is 89.9 Å². The van der Waals surface area contributed by atoms with E-state index in [9.17, 15) is 0 Å². The zero-order valence-corrected chi connectivity index (χ0v) is 76.3. The molecule has 8 bridgehead atoms. The number of rotatable bonds is 54. The Bertz CT molecular complexity index is 2010. The molecule has 14 unspecified atom stereocenters. The van der Waals surface area contributed by atoms with E-state index in [4.69, 9.17) is 53.1 Å². The molecular formula is C62H118O12S16Si4. The fourth-order valence-electron chi connectivity index (χ4n) is 17.6. The van der Waals surface area contributed by atoms with Gasteiger partial charge in [-0.15, -0.1) is 0 Å². The molecule has 8 saturated carbocycles. The van der Waals surface area contributed by atoms with Crippen molar-refractivity contribution in [2.24, 2.45) is 53.3 Å². The maximum atomic E-state index is 7.00. The van der Waals surface area contributed by atoms with Crippen molar-refractivity contribution >= 4 is 200 Å². The van der Waals surface area contributed by atoms with Gasteiger partial charge in [0, 0.05) is 79.3 Å². The minimum atomic E-state index is -3.18. The summed E-state index contributed by atoms with van der Waals surface area (Å²) in [5.41, 5.74) is 0. The first-order valence-corrected chi connectivity index (χ1v) is 62.1. The summed E-state index contributed by atoms with van der Waals surface area (Å²) in [5.74, 6) is 5.35. The molecular weight excluding hydrogens is 1560 g/mol. The Morgan fingerprint density at radius 3 is 0.766 bits per heavy atom. The third-order valence-electron chi connectivity index (χ3n) is 21.4. The van der Waals surface area contributed by atoms with Crippen LogP contribution in [-0.4, -0.2) is 140 Å².